The topological polar surface area (TPSA) is 35.5 Å². The van der Waals surface area contributed by atoms with Gasteiger partial charge in [-0.05, 0) is 48.4 Å². The third-order valence-electron chi connectivity index (χ3n) is 4.46. The summed E-state index contributed by atoms with van der Waals surface area (Å²) in [6.45, 7) is 1.93. The van der Waals surface area contributed by atoms with E-state index in [0.717, 1.165) is 15.6 Å². The van der Waals surface area contributed by atoms with E-state index in [1.165, 1.54) is 6.07 Å². The second kappa shape index (κ2) is 7.60. The lowest BCUT2D eigenvalue weighted by Crippen LogP contribution is -2.00. The molecule has 0 aromatic heterocycles. The Kier molecular flexibility index (Phi) is 5.01. The van der Waals surface area contributed by atoms with Crippen molar-refractivity contribution < 1.29 is 18.7 Å². The molecule has 0 aliphatic carbocycles. The summed E-state index contributed by atoms with van der Waals surface area (Å²) in [6, 6.07) is 17.5. The summed E-state index contributed by atoms with van der Waals surface area (Å²) in [5.41, 5.74) is 2.62. The summed E-state index contributed by atoms with van der Waals surface area (Å²) in [7, 11) is 0. The van der Waals surface area contributed by atoms with Crippen LogP contribution in [0.1, 0.15) is 27.0 Å². The van der Waals surface area contributed by atoms with Crippen LogP contribution in [0.25, 0.3) is 6.08 Å². The number of halogens is 2. The highest BCUT2D eigenvalue weighted by atomic mass is 79.9. The fraction of sp³-hybridized carbons (Fsp3) is 0.0870. The number of carbonyl (C=O) groups excluding carboxylic acids is 1. The molecule has 3 aromatic carbocycles. The maximum Gasteiger partial charge on any atom is 0.232 e. The Hall–Kier alpha value is -2.92. The Morgan fingerprint density at radius 2 is 1.86 bits per heavy atom. The molecule has 5 heteroatoms. The number of hydrogen-bond acceptors (Lipinski definition) is 3. The van der Waals surface area contributed by atoms with Crippen LogP contribution in [-0.2, 0) is 6.61 Å². The van der Waals surface area contributed by atoms with Gasteiger partial charge in [0.05, 0.1) is 5.56 Å². The Balaban J connectivity index is 1.57. The molecule has 1 aliphatic heterocycles. The van der Waals surface area contributed by atoms with Gasteiger partial charge in [0.1, 0.15) is 23.9 Å². The van der Waals surface area contributed by atoms with E-state index in [1.54, 1.807) is 36.4 Å². The first-order valence-electron chi connectivity index (χ1n) is 8.72. The number of hydrogen-bond donors (Lipinski definition) is 0. The van der Waals surface area contributed by atoms with E-state index in [1.807, 2.05) is 31.2 Å². The molecule has 0 atom stereocenters. The van der Waals surface area contributed by atoms with Gasteiger partial charge in [0.25, 0.3) is 0 Å². The maximum absolute atomic E-state index is 13.8. The van der Waals surface area contributed by atoms with Crippen molar-refractivity contribution in [2.45, 2.75) is 13.5 Å². The molecule has 0 bridgehead atoms. The van der Waals surface area contributed by atoms with Crippen molar-refractivity contribution >= 4 is 27.8 Å². The molecule has 140 valence electrons. The average molecular weight is 439 g/mol. The van der Waals surface area contributed by atoms with E-state index in [9.17, 15) is 9.18 Å². The van der Waals surface area contributed by atoms with Gasteiger partial charge in [-0.3, -0.25) is 4.79 Å². The minimum Gasteiger partial charge on any atom is -0.489 e. The third-order valence-corrected chi connectivity index (χ3v) is 4.99. The molecule has 0 saturated carbocycles. The molecule has 4 rings (SSSR count). The average Bonchev–Trinajstić information content (AvgIpc) is 2.99. The summed E-state index contributed by atoms with van der Waals surface area (Å²) in [5, 5.41) is 0. The Labute approximate surface area is 170 Å². The van der Waals surface area contributed by atoms with Gasteiger partial charge in [0.15, 0.2) is 5.76 Å². The molecular formula is C23H16BrFO3. The SMILES string of the molecule is Cc1cc(OCc2ccccc2F)cc2c1C(=O)/C(=C/c1ccc(Br)cc1)O2. The fourth-order valence-electron chi connectivity index (χ4n) is 3.05. The number of allylic oxidation sites excluding steroid dienone is 1. The first-order chi connectivity index (χ1) is 13.5. The minimum absolute atomic E-state index is 0.0977. The van der Waals surface area contributed by atoms with Gasteiger partial charge in [-0.1, -0.05) is 46.3 Å². The lowest BCUT2D eigenvalue weighted by molar-refractivity contribution is 0.101. The third kappa shape index (κ3) is 3.71. The van der Waals surface area contributed by atoms with Crippen molar-refractivity contribution in [1.82, 2.24) is 0 Å². The smallest absolute Gasteiger partial charge is 0.232 e. The Morgan fingerprint density at radius 3 is 2.61 bits per heavy atom. The molecular weight excluding hydrogens is 423 g/mol. The molecule has 1 aliphatic rings. The number of Topliss-reactive ketones (excluding diaryl/α,β-unsaturated/α-hetero) is 1. The van der Waals surface area contributed by atoms with Crippen molar-refractivity contribution in [2.24, 2.45) is 0 Å². The predicted octanol–water partition coefficient (Wildman–Crippen LogP) is 6.09. The molecule has 3 aromatic rings. The predicted molar refractivity (Wildman–Crippen MR) is 109 cm³/mol. The first-order valence-corrected chi connectivity index (χ1v) is 9.51. The van der Waals surface area contributed by atoms with Crippen molar-refractivity contribution in [3.63, 3.8) is 0 Å². The van der Waals surface area contributed by atoms with Gasteiger partial charge < -0.3 is 9.47 Å². The van der Waals surface area contributed by atoms with Crippen LogP contribution in [0.3, 0.4) is 0 Å². The van der Waals surface area contributed by atoms with Gasteiger partial charge in [-0.15, -0.1) is 0 Å². The molecule has 3 nitrogen and oxygen atoms in total. The minimum atomic E-state index is -0.313. The quantitative estimate of drug-likeness (QED) is 0.462. The monoisotopic (exact) mass is 438 g/mol. The van der Waals surface area contributed by atoms with Gasteiger partial charge in [-0.2, -0.15) is 0 Å². The molecule has 0 N–H and O–H groups in total. The van der Waals surface area contributed by atoms with Crippen molar-refractivity contribution in [2.75, 3.05) is 0 Å². The normalized spacial score (nSPS) is 14.1. The van der Waals surface area contributed by atoms with E-state index in [4.69, 9.17) is 9.47 Å². The fourth-order valence-corrected chi connectivity index (χ4v) is 3.31. The van der Waals surface area contributed by atoms with E-state index >= 15 is 0 Å². The van der Waals surface area contributed by atoms with E-state index in [2.05, 4.69) is 15.9 Å². The van der Waals surface area contributed by atoms with Gasteiger partial charge in [-0.25, -0.2) is 4.39 Å². The molecule has 28 heavy (non-hydrogen) atoms. The van der Waals surface area contributed by atoms with Crippen LogP contribution in [0.15, 0.2) is 70.9 Å². The van der Waals surface area contributed by atoms with E-state index < -0.39 is 0 Å². The number of rotatable bonds is 4. The highest BCUT2D eigenvalue weighted by Crippen LogP contribution is 2.37. The summed E-state index contributed by atoms with van der Waals surface area (Å²) >= 11 is 3.39. The van der Waals surface area contributed by atoms with Crippen molar-refractivity contribution in [3.05, 3.63) is 99.0 Å². The van der Waals surface area contributed by atoms with E-state index in [0.29, 0.717) is 22.6 Å². The van der Waals surface area contributed by atoms with Crippen LogP contribution in [0, 0.1) is 12.7 Å². The largest absolute Gasteiger partial charge is 0.489 e. The molecule has 0 radical (unpaired) electrons. The maximum atomic E-state index is 13.8. The number of aryl methyl sites for hydroxylation is 1. The molecule has 0 amide bonds. The van der Waals surface area contributed by atoms with E-state index in [-0.39, 0.29) is 24.0 Å². The van der Waals surface area contributed by atoms with Crippen LogP contribution < -0.4 is 9.47 Å². The molecule has 0 unspecified atom stereocenters. The number of carbonyl (C=O) groups is 1. The number of ether oxygens (including phenoxy) is 2. The summed E-state index contributed by atoms with van der Waals surface area (Å²) in [5.74, 6) is 0.781. The summed E-state index contributed by atoms with van der Waals surface area (Å²) < 4.78 is 26.2. The van der Waals surface area contributed by atoms with Gasteiger partial charge in [0.2, 0.25) is 5.78 Å². The van der Waals surface area contributed by atoms with Gasteiger partial charge >= 0.3 is 0 Å². The number of ketones is 1. The Morgan fingerprint density at radius 1 is 1.11 bits per heavy atom. The number of fused-ring (bicyclic) bond motifs is 1. The second-order valence-corrected chi connectivity index (χ2v) is 7.40. The molecule has 0 fully saturated rings. The lowest BCUT2D eigenvalue weighted by atomic mass is 10.0. The van der Waals surface area contributed by atoms with Crippen LogP contribution in [-0.4, -0.2) is 5.78 Å². The van der Waals surface area contributed by atoms with Crippen LogP contribution in [0.5, 0.6) is 11.5 Å². The molecule has 0 spiro atoms. The van der Waals surface area contributed by atoms with Crippen LogP contribution in [0.4, 0.5) is 4.39 Å². The lowest BCUT2D eigenvalue weighted by Gasteiger charge is -2.09. The standard InChI is InChI=1S/C23H16BrFO3/c1-14-10-18(27-13-16-4-2-3-5-19(16)25)12-20-22(14)23(26)21(28-20)11-15-6-8-17(24)9-7-15/h2-12H,13H2,1H3/b21-11-. The van der Waals surface area contributed by atoms with Crippen LogP contribution in [0.2, 0.25) is 0 Å². The zero-order valence-corrected chi connectivity index (χ0v) is 16.6. The van der Waals surface area contributed by atoms with Gasteiger partial charge in [0, 0.05) is 16.1 Å². The number of benzene rings is 3. The van der Waals surface area contributed by atoms with Crippen molar-refractivity contribution in [3.8, 4) is 11.5 Å². The summed E-state index contributed by atoms with van der Waals surface area (Å²) in [4.78, 5) is 12.7. The zero-order chi connectivity index (χ0) is 19.7. The molecule has 0 saturated heterocycles. The molecule has 1 heterocycles. The van der Waals surface area contributed by atoms with Crippen molar-refractivity contribution in [1.29, 1.82) is 0 Å². The summed E-state index contributed by atoms with van der Waals surface area (Å²) in [6.07, 6.45) is 1.72. The Bertz CT molecular complexity index is 1090. The second-order valence-electron chi connectivity index (χ2n) is 6.48. The first kappa shape index (κ1) is 18.4. The zero-order valence-electron chi connectivity index (χ0n) is 15.0. The highest BCUT2D eigenvalue weighted by molar-refractivity contribution is 9.10. The highest BCUT2D eigenvalue weighted by Gasteiger charge is 2.30. The van der Waals surface area contributed by atoms with Crippen LogP contribution >= 0.6 is 15.9 Å².